The summed E-state index contributed by atoms with van der Waals surface area (Å²) >= 11 is 0. The van der Waals surface area contributed by atoms with Crippen LogP contribution in [-0.2, 0) is 16.6 Å². The van der Waals surface area contributed by atoms with Gasteiger partial charge in [0.25, 0.3) is 0 Å². The summed E-state index contributed by atoms with van der Waals surface area (Å²) in [6, 6.07) is 0.232. The molecular weight excluding hydrogens is 364 g/mol. The number of rotatable bonds is 6. The van der Waals surface area contributed by atoms with Crippen LogP contribution in [0.4, 0.5) is 5.82 Å². The van der Waals surface area contributed by atoms with Gasteiger partial charge in [0.05, 0.1) is 11.9 Å². The van der Waals surface area contributed by atoms with Gasteiger partial charge in [0.15, 0.2) is 0 Å². The van der Waals surface area contributed by atoms with Crippen molar-refractivity contribution < 1.29 is 8.42 Å². The van der Waals surface area contributed by atoms with Gasteiger partial charge in [-0.1, -0.05) is 6.92 Å². The number of fused-ring (bicyclic) bond motifs is 1. The van der Waals surface area contributed by atoms with Crippen molar-refractivity contribution in [3.63, 3.8) is 0 Å². The van der Waals surface area contributed by atoms with E-state index in [-0.39, 0.29) is 6.04 Å². The summed E-state index contributed by atoms with van der Waals surface area (Å²) in [5.74, 6) is 1.44. The molecule has 2 aliphatic rings. The quantitative estimate of drug-likeness (QED) is 0.810. The first-order chi connectivity index (χ1) is 13.0. The van der Waals surface area contributed by atoms with Crippen molar-refractivity contribution in [2.75, 3.05) is 18.4 Å². The Morgan fingerprint density at radius 3 is 2.85 bits per heavy atom. The summed E-state index contributed by atoms with van der Waals surface area (Å²) in [7, 11) is -3.51. The van der Waals surface area contributed by atoms with E-state index < -0.39 is 10.0 Å². The molecule has 2 fully saturated rings. The molecule has 1 saturated carbocycles. The van der Waals surface area contributed by atoms with E-state index in [4.69, 9.17) is 0 Å². The molecule has 9 heteroatoms. The van der Waals surface area contributed by atoms with Gasteiger partial charge in [-0.2, -0.15) is 9.40 Å². The van der Waals surface area contributed by atoms with Crippen molar-refractivity contribution >= 4 is 15.8 Å². The van der Waals surface area contributed by atoms with E-state index in [2.05, 4.69) is 27.3 Å². The first-order valence-corrected chi connectivity index (χ1v) is 11.0. The van der Waals surface area contributed by atoms with Crippen LogP contribution in [-0.4, -0.2) is 51.6 Å². The minimum atomic E-state index is -3.51. The van der Waals surface area contributed by atoms with Crippen molar-refractivity contribution in [1.82, 2.24) is 24.1 Å². The van der Waals surface area contributed by atoms with Crippen molar-refractivity contribution in [2.24, 2.45) is 11.8 Å². The van der Waals surface area contributed by atoms with Gasteiger partial charge in [-0.25, -0.2) is 13.4 Å². The van der Waals surface area contributed by atoms with Crippen LogP contribution in [0, 0.1) is 18.8 Å². The highest BCUT2D eigenvalue weighted by Crippen LogP contribution is 2.41. The molecule has 0 bridgehead atoms. The number of aromatic nitrogens is 4. The second kappa shape index (κ2) is 7.20. The molecule has 8 nitrogen and oxygen atoms in total. The predicted octanol–water partition coefficient (Wildman–Crippen LogP) is 1.90. The van der Waals surface area contributed by atoms with E-state index in [9.17, 15) is 8.42 Å². The molecule has 3 atom stereocenters. The monoisotopic (exact) mass is 390 g/mol. The number of hydrogen-bond donors (Lipinski definition) is 1. The summed E-state index contributed by atoms with van der Waals surface area (Å²) < 4.78 is 29.8. The number of anilines is 1. The number of nitrogens with one attached hydrogen (secondary N) is 1. The van der Waals surface area contributed by atoms with Crippen molar-refractivity contribution in [1.29, 1.82) is 0 Å². The van der Waals surface area contributed by atoms with Gasteiger partial charge in [0.2, 0.25) is 10.0 Å². The third kappa shape index (κ3) is 3.45. The van der Waals surface area contributed by atoms with Gasteiger partial charge in [-0.3, -0.25) is 9.67 Å². The minimum Gasteiger partial charge on any atom is -0.366 e. The normalized spacial score (nSPS) is 25.6. The second-order valence-corrected chi connectivity index (χ2v) is 9.41. The lowest BCUT2D eigenvalue weighted by Gasteiger charge is -2.21. The van der Waals surface area contributed by atoms with E-state index >= 15 is 0 Å². The maximum absolute atomic E-state index is 13.2. The van der Waals surface area contributed by atoms with Gasteiger partial charge in [0, 0.05) is 44.3 Å². The molecule has 1 saturated heterocycles. The number of aryl methyl sites for hydroxylation is 2. The molecule has 2 aromatic rings. The smallest absolute Gasteiger partial charge is 0.246 e. The van der Waals surface area contributed by atoms with Gasteiger partial charge in [-0.15, -0.1) is 0 Å². The zero-order chi connectivity index (χ0) is 19.0. The molecular formula is C18H26N6O2S. The molecule has 1 N–H and O–H groups in total. The van der Waals surface area contributed by atoms with Crippen LogP contribution in [0.3, 0.4) is 0 Å². The summed E-state index contributed by atoms with van der Waals surface area (Å²) in [5.41, 5.74) is 0.578. The molecule has 0 radical (unpaired) electrons. The highest BCUT2D eigenvalue weighted by Gasteiger charge is 2.47. The van der Waals surface area contributed by atoms with E-state index in [1.165, 1.54) is 0 Å². The van der Waals surface area contributed by atoms with E-state index in [1.54, 1.807) is 40.7 Å². The Kier molecular flexibility index (Phi) is 4.90. The fourth-order valence-electron chi connectivity index (χ4n) is 4.40. The Labute approximate surface area is 160 Å². The molecule has 1 aliphatic heterocycles. The van der Waals surface area contributed by atoms with Crippen LogP contribution < -0.4 is 5.32 Å². The molecule has 0 unspecified atom stereocenters. The van der Waals surface area contributed by atoms with Gasteiger partial charge in [0.1, 0.15) is 10.7 Å². The number of hydrogen-bond acceptors (Lipinski definition) is 6. The molecule has 3 heterocycles. The highest BCUT2D eigenvalue weighted by atomic mass is 32.2. The Bertz CT molecular complexity index is 898. The van der Waals surface area contributed by atoms with Gasteiger partial charge < -0.3 is 5.32 Å². The van der Waals surface area contributed by atoms with Crippen LogP contribution >= 0.6 is 0 Å². The molecule has 0 amide bonds. The Balaban J connectivity index is 1.50. The fraction of sp³-hybridized carbons (Fsp3) is 0.611. The highest BCUT2D eigenvalue weighted by molar-refractivity contribution is 7.89. The molecule has 2 aromatic heterocycles. The van der Waals surface area contributed by atoms with Crippen molar-refractivity contribution in [3.05, 3.63) is 30.5 Å². The predicted molar refractivity (Wildman–Crippen MR) is 102 cm³/mol. The Morgan fingerprint density at radius 2 is 2.11 bits per heavy atom. The van der Waals surface area contributed by atoms with E-state index in [0.29, 0.717) is 35.5 Å². The third-order valence-electron chi connectivity index (χ3n) is 5.69. The molecule has 4 rings (SSSR count). The standard InChI is InChI=1S/C18H26N6O2S/c1-3-8-23-12-17(13(2)22-23)27(25,26)24-10-14-4-5-16(15(14)11-24)21-18-9-19-6-7-20-18/h6-7,9,12,14-16H,3-5,8,10-11H2,1-2H3,(H,20,21)/t14-,15+,16+/m0/s1. The van der Waals surface area contributed by atoms with Crippen LogP contribution in [0.5, 0.6) is 0 Å². The minimum absolute atomic E-state index is 0.232. The summed E-state index contributed by atoms with van der Waals surface area (Å²) in [5, 5.41) is 7.81. The number of sulfonamides is 1. The van der Waals surface area contributed by atoms with Crippen LogP contribution in [0.2, 0.25) is 0 Å². The van der Waals surface area contributed by atoms with Crippen LogP contribution in [0.25, 0.3) is 0 Å². The zero-order valence-corrected chi connectivity index (χ0v) is 16.6. The van der Waals surface area contributed by atoms with Crippen molar-refractivity contribution in [2.45, 2.75) is 50.6 Å². The third-order valence-corrected chi connectivity index (χ3v) is 7.63. The van der Waals surface area contributed by atoms with Gasteiger partial charge in [-0.05, 0) is 38.0 Å². The topological polar surface area (TPSA) is 93.0 Å². The largest absolute Gasteiger partial charge is 0.366 e. The zero-order valence-electron chi connectivity index (χ0n) is 15.7. The second-order valence-electron chi connectivity index (χ2n) is 7.51. The lowest BCUT2D eigenvalue weighted by atomic mass is 9.98. The molecule has 146 valence electrons. The average Bonchev–Trinajstić information content (AvgIpc) is 3.32. The lowest BCUT2D eigenvalue weighted by molar-refractivity contribution is 0.436. The first kappa shape index (κ1) is 18.4. The maximum Gasteiger partial charge on any atom is 0.246 e. The van der Waals surface area contributed by atoms with Crippen molar-refractivity contribution in [3.8, 4) is 0 Å². The lowest BCUT2D eigenvalue weighted by Crippen LogP contribution is -2.33. The molecule has 0 spiro atoms. The first-order valence-electron chi connectivity index (χ1n) is 9.55. The molecule has 27 heavy (non-hydrogen) atoms. The van der Waals surface area contributed by atoms with Crippen LogP contribution in [0.15, 0.2) is 29.7 Å². The van der Waals surface area contributed by atoms with E-state index in [1.807, 2.05) is 0 Å². The average molecular weight is 391 g/mol. The molecule has 1 aliphatic carbocycles. The number of nitrogens with zero attached hydrogens (tertiary/aromatic N) is 5. The Hall–Kier alpha value is -2.00. The summed E-state index contributed by atoms with van der Waals surface area (Å²) in [6.45, 7) is 5.69. The SMILES string of the molecule is CCCn1cc(S(=O)(=O)N2C[C@@H]3CC[C@@H](Nc4cnccn4)[C@@H]3C2)c(C)n1. The summed E-state index contributed by atoms with van der Waals surface area (Å²) in [4.78, 5) is 8.72. The summed E-state index contributed by atoms with van der Waals surface area (Å²) in [6.07, 6.45) is 9.68. The Morgan fingerprint density at radius 1 is 1.26 bits per heavy atom. The van der Waals surface area contributed by atoms with Gasteiger partial charge >= 0.3 is 0 Å². The van der Waals surface area contributed by atoms with Crippen LogP contribution in [0.1, 0.15) is 31.9 Å². The maximum atomic E-state index is 13.2. The molecule has 0 aromatic carbocycles. The fourth-order valence-corrected chi connectivity index (χ4v) is 6.10. The van der Waals surface area contributed by atoms with E-state index in [0.717, 1.165) is 31.6 Å².